The molecule has 1 atom stereocenters. The van der Waals surface area contributed by atoms with Gasteiger partial charge in [0.05, 0.1) is 16.3 Å². The Morgan fingerprint density at radius 1 is 1.16 bits per heavy atom. The third-order valence-corrected chi connectivity index (χ3v) is 5.88. The molecule has 2 heterocycles. The van der Waals surface area contributed by atoms with Crippen molar-refractivity contribution in [1.82, 2.24) is 10.4 Å². The average molecular weight is 374 g/mol. The highest BCUT2D eigenvalue weighted by Gasteiger charge is 2.58. The van der Waals surface area contributed by atoms with E-state index < -0.39 is 10.8 Å². The Balaban J connectivity index is 1.74. The molecule has 1 spiro atoms. The van der Waals surface area contributed by atoms with E-state index in [-0.39, 0.29) is 28.2 Å². The first-order valence-electron chi connectivity index (χ1n) is 7.47. The van der Waals surface area contributed by atoms with Crippen LogP contribution in [0.4, 0.5) is 5.69 Å². The van der Waals surface area contributed by atoms with E-state index in [0.29, 0.717) is 11.3 Å². The molecule has 2 aromatic rings. The van der Waals surface area contributed by atoms with Gasteiger partial charge in [-0.15, -0.1) is 11.8 Å². The van der Waals surface area contributed by atoms with Gasteiger partial charge in [-0.2, -0.15) is 0 Å². The highest BCUT2D eigenvalue weighted by atomic mass is 35.5. The van der Waals surface area contributed by atoms with Crippen LogP contribution in [0, 0.1) is 0 Å². The second-order valence-corrected chi connectivity index (χ2v) is 7.16. The fraction of sp³-hybridized carbons (Fsp3) is 0.118. The zero-order valence-corrected chi connectivity index (χ0v) is 14.4. The predicted octanol–water partition coefficient (Wildman–Crippen LogP) is 2.37. The van der Waals surface area contributed by atoms with Gasteiger partial charge in [0, 0.05) is 11.3 Å². The maximum atomic E-state index is 12.7. The third-order valence-electron chi connectivity index (χ3n) is 4.15. The maximum absolute atomic E-state index is 12.7. The first kappa shape index (κ1) is 16.0. The van der Waals surface area contributed by atoms with Gasteiger partial charge in [-0.25, -0.2) is 5.01 Å². The second-order valence-electron chi connectivity index (χ2n) is 5.58. The van der Waals surface area contributed by atoms with Gasteiger partial charge in [0.25, 0.3) is 17.7 Å². The summed E-state index contributed by atoms with van der Waals surface area (Å²) in [6, 6.07) is 13.6. The summed E-state index contributed by atoms with van der Waals surface area (Å²) in [5, 5.41) is 4.16. The lowest BCUT2D eigenvalue weighted by Gasteiger charge is -2.32. The Morgan fingerprint density at radius 3 is 2.68 bits per heavy atom. The fourth-order valence-corrected chi connectivity index (χ4v) is 4.48. The molecule has 0 saturated carbocycles. The highest BCUT2D eigenvalue weighted by Crippen LogP contribution is 2.51. The Kier molecular flexibility index (Phi) is 3.70. The minimum Gasteiger partial charge on any atom is -0.322 e. The Morgan fingerprint density at radius 2 is 1.88 bits per heavy atom. The number of benzene rings is 2. The zero-order valence-electron chi connectivity index (χ0n) is 12.8. The molecule has 0 radical (unpaired) electrons. The van der Waals surface area contributed by atoms with Crippen LogP contribution in [0.25, 0.3) is 0 Å². The molecule has 1 saturated heterocycles. The molecule has 3 amide bonds. The van der Waals surface area contributed by atoms with Gasteiger partial charge in [0.1, 0.15) is 0 Å². The minimum absolute atomic E-state index is 0.0879. The molecular weight excluding hydrogens is 362 g/mol. The van der Waals surface area contributed by atoms with Gasteiger partial charge in [0.15, 0.2) is 0 Å². The SMILES string of the molecule is O=C(NN1C(=O)CSC12C(=O)Nc1ccccc12)c1ccccc1Cl. The normalized spacial score (nSPS) is 21.4. The van der Waals surface area contributed by atoms with Gasteiger partial charge in [0.2, 0.25) is 4.87 Å². The minimum atomic E-state index is -1.30. The molecular formula is C17H12ClN3O3S. The molecule has 2 aromatic carbocycles. The van der Waals surface area contributed by atoms with Gasteiger partial charge >= 0.3 is 0 Å². The van der Waals surface area contributed by atoms with E-state index in [0.717, 1.165) is 5.01 Å². The van der Waals surface area contributed by atoms with Gasteiger partial charge < -0.3 is 5.32 Å². The van der Waals surface area contributed by atoms with Crippen molar-refractivity contribution in [3.63, 3.8) is 0 Å². The van der Waals surface area contributed by atoms with Gasteiger partial charge in [-0.1, -0.05) is 41.9 Å². The van der Waals surface area contributed by atoms with E-state index >= 15 is 0 Å². The average Bonchev–Trinajstić information content (AvgIpc) is 3.08. The van der Waals surface area contributed by atoms with Crippen LogP contribution in [0.3, 0.4) is 0 Å². The number of anilines is 1. The van der Waals surface area contributed by atoms with E-state index in [1.807, 2.05) is 0 Å². The quantitative estimate of drug-likeness (QED) is 0.847. The van der Waals surface area contributed by atoms with Crippen LogP contribution in [0.2, 0.25) is 5.02 Å². The van der Waals surface area contributed by atoms with E-state index in [4.69, 9.17) is 11.6 Å². The van der Waals surface area contributed by atoms with E-state index in [9.17, 15) is 14.4 Å². The maximum Gasteiger partial charge on any atom is 0.271 e. The monoisotopic (exact) mass is 373 g/mol. The van der Waals surface area contributed by atoms with Crippen molar-refractivity contribution in [2.75, 3.05) is 11.1 Å². The van der Waals surface area contributed by atoms with Crippen molar-refractivity contribution >= 4 is 46.8 Å². The summed E-state index contributed by atoms with van der Waals surface area (Å²) in [5.41, 5.74) is 4.08. The second kappa shape index (κ2) is 5.79. The molecule has 0 aliphatic carbocycles. The molecule has 6 nitrogen and oxygen atoms in total. The molecule has 4 rings (SSSR count). The van der Waals surface area contributed by atoms with Crippen molar-refractivity contribution in [3.8, 4) is 0 Å². The molecule has 1 unspecified atom stereocenters. The van der Waals surface area contributed by atoms with E-state index in [1.165, 1.54) is 11.8 Å². The molecule has 126 valence electrons. The number of hydrogen-bond acceptors (Lipinski definition) is 4. The summed E-state index contributed by atoms with van der Waals surface area (Å²) in [6.07, 6.45) is 0. The number of halogens is 1. The van der Waals surface area contributed by atoms with E-state index in [2.05, 4.69) is 10.7 Å². The van der Waals surface area contributed by atoms with Crippen molar-refractivity contribution in [2.24, 2.45) is 0 Å². The van der Waals surface area contributed by atoms with Crippen LogP contribution >= 0.6 is 23.4 Å². The van der Waals surface area contributed by atoms with Crippen LogP contribution in [0.1, 0.15) is 15.9 Å². The fourth-order valence-electron chi connectivity index (χ4n) is 3.00. The first-order chi connectivity index (χ1) is 12.0. The first-order valence-corrected chi connectivity index (χ1v) is 8.84. The topological polar surface area (TPSA) is 78.5 Å². The van der Waals surface area contributed by atoms with Crippen LogP contribution < -0.4 is 10.7 Å². The summed E-state index contributed by atoms with van der Waals surface area (Å²) in [7, 11) is 0. The number of hydrazine groups is 1. The Bertz CT molecular complexity index is 920. The van der Waals surface area contributed by atoms with Crippen molar-refractivity contribution < 1.29 is 14.4 Å². The number of carbonyl (C=O) groups excluding carboxylic acids is 3. The largest absolute Gasteiger partial charge is 0.322 e. The van der Waals surface area contributed by atoms with Crippen LogP contribution in [0.5, 0.6) is 0 Å². The van der Waals surface area contributed by atoms with Gasteiger partial charge in [-0.05, 0) is 18.2 Å². The standard InChI is InChI=1S/C17H12ClN3O3S/c18-12-7-3-1-5-10(12)15(23)20-21-14(22)9-25-17(21)11-6-2-4-8-13(11)19-16(17)24/h1-8H,9H2,(H,19,24)(H,20,23). The molecule has 2 N–H and O–H groups in total. The number of amides is 3. The summed E-state index contributed by atoms with van der Waals surface area (Å²) in [5.74, 6) is -1.16. The lowest BCUT2D eigenvalue weighted by atomic mass is 10.1. The molecule has 0 aromatic heterocycles. The smallest absolute Gasteiger partial charge is 0.271 e. The number of para-hydroxylation sites is 1. The number of fused-ring (bicyclic) bond motifs is 2. The zero-order chi connectivity index (χ0) is 17.6. The predicted molar refractivity (Wildman–Crippen MR) is 95.0 cm³/mol. The lowest BCUT2D eigenvalue weighted by molar-refractivity contribution is -0.139. The number of rotatable bonds is 2. The lowest BCUT2D eigenvalue weighted by Crippen LogP contribution is -2.55. The number of hydrogen-bond donors (Lipinski definition) is 2. The number of nitrogens with zero attached hydrogens (tertiary/aromatic N) is 1. The molecule has 0 bridgehead atoms. The third kappa shape index (κ3) is 2.31. The Labute approximate surface area is 152 Å². The van der Waals surface area contributed by atoms with Crippen molar-refractivity contribution in [2.45, 2.75) is 4.87 Å². The van der Waals surface area contributed by atoms with E-state index in [1.54, 1.807) is 48.5 Å². The van der Waals surface area contributed by atoms with Crippen LogP contribution in [0.15, 0.2) is 48.5 Å². The number of carbonyl (C=O) groups is 3. The van der Waals surface area contributed by atoms with Gasteiger partial charge in [-0.3, -0.25) is 19.8 Å². The summed E-state index contributed by atoms with van der Waals surface area (Å²) < 4.78 is 0. The van der Waals surface area contributed by atoms with Crippen molar-refractivity contribution in [3.05, 3.63) is 64.7 Å². The molecule has 25 heavy (non-hydrogen) atoms. The molecule has 1 fully saturated rings. The summed E-state index contributed by atoms with van der Waals surface area (Å²) >= 11 is 7.23. The highest BCUT2D eigenvalue weighted by molar-refractivity contribution is 8.02. The number of nitrogens with one attached hydrogen (secondary N) is 2. The molecule has 2 aliphatic rings. The summed E-state index contributed by atoms with van der Waals surface area (Å²) in [6.45, 7) is 0. The van der Waals surface area contributed by atoms with Crippen LogP contribution in [-0.2, 0) is 14.5 Å². The molecule has 8 heteroatoms. The molecule has 2 aliphatic heterocycles. The summed E-state index contributed by atoms with van der Waals surface area (Å²) in [4.78, 5) is 36.4. The van der Waals surface area contributed by atoms with Crippen molar-refractivity contribution in [1.29, 1.82) is 0 Å². The number of thioether (sulfide) groups is 1. The Hall–Kier alpha value is -2.51. The van der Waals surface area contributed by atoms with Crippen LogP contribution in [-0.4, -0.2) is 28.5 Å².